The number of fused-ring (bicyclic) bond motifs is 1. The van der Waals surface area contributed by atoms with Crippen molar-refractivity contribution in [3.8, 4) is 5.75 Å². The number of carbonyl (C=O) groups excluding carboxylic acids is 1. The van der Waals surface area contributed by atoms with Gasteiger partial charge < -0.3 is 9.47 Å². The van der Waals surface area contributed by atoms with Crippen molar-refractivity contribution in [1.82, 2.24) is 0 Å². The van der Waals surface area contributed by atoms with E-state index in [1.54, 1.807) is 12.1 Å². The summed E-state index contributed by atoms with van der Waals surface area (Å²) in [5.74, 6) is 0.169. The van der Waals surface area contributed by atoms with E-state index in [0.717, 1.165) is 10.1 Å². The molecule has 0 spiro atoms. The zero-order valence-electron chi connectivity index (χ0n) is 10.3. The van der Waals surface area contributed by atoms with Crippen LogP contribution in [0.3, 0.4) is 0 Å². The zero-order chi connectivity index (χ0) is 13.3. The first-order chi connectivity index (χ1) is 8.52. The van der Waals surface area contributed by atoms with Crippen LogP contribution >= 0.6 is 22.9 Å². The van der Waals surface area contributed by atoms with Crippen molar-refractivity contribution in [2.75, 3.05) is 7.11 Å². The number of ether oxygens (including phenoxy) is 2. The molecule has 0 bridgehead atoms. The molecule has 0 atom stereocenters. The van der Waals surface area contributed by atoms with Crippen LogP contribution in [0.5, 0.6) is 5.75 Å². The summed E-state index contributed by atoms with van der Waals surface area (Å²) in [5, 5.41) is 1.46. The van der Waals surface area contributed by atoms with Gasteiger partial charge in [0.2, 0.25) is 0 Å². The molecule has 0 aliphatic heterocycles. The number of thiophene rings is 1. The molecule has 1 aromatic heterocycles. The molecule has 5 heteroatoms. The molecule has 3 nitrogen and oxygen atoms in total. The third kappa shape index (κ3) is 2.44. The Labute approximate surface area is 114 Å². The molecule has 0 unspecified atom stereocenters. The van der Waals surface area contributed by atoms with Crippen LogP contribution in [0.25, 0.3) is 10.1 Å². The van der Waals surface area contributed by atoms with Crippen LogP contribution < -0.4 is 4.74 Å². The minimum absolute atomic E-state index is 0.0230. The highest BCUT2D eigenvalue weighted by Gasteiger charge is 2.21. The van der Waals surface area contributed by atoms with E-state index >= 15 is 0 Å². The van der Waals surface area contributed by atoms with Crippen LogP contribution in [0.1, 0.15) is 23.5 Å². The largest absolute Gasteiger partial charge is 0.489 e. The third-order valence-electron chi connectivity index (χ3n) is 2.33. The maximum atomic E-state index is 11.7. The average Bonchev–Trinajstić information content (AvgIpc) is 2.66. The van der Waals surface area contributed by atoms with Gasteiger partial charge in [0.05, 0.1) is 13.2 Å². The molecule has 0 amide bonds. The van der Waals surface area contributed by atoms with Gasteiger partial charge >= 0.3 is 5.97 Å². The Kier molecular flexibility index (Phi) is 3.78. The Hall–Kier alpha value is -1.26. The van der Waals surface area contributed by atoms with Gasteiger partial charge in [-0.25, -0.2) is 4.79 Å². The van der Waals surface area contributed by atoms with Gasteiger partial charge in [0.25, 0.3) is 0 Å². The van der Waals surface area contributed by atoms with Gasteiger partial charge in [-0.05, 0) is 32.0 Å². The van der Waals surface area contributed by atoms with Crippen molar-refractivity contribution < 1.29 is 14.3 Å². The standard InChI is InChI=1S/C13H13ClO3S/c1-7(2)17-11-9-6-8(14)4-5-10(9)18-12(11)13(15)16-3/h4-7H,1-3H3. The second-order valence-corrected chi connectivity index (χ2v) is 5.55. The molecule has 0 aliphatic rings. The first-order valence-electron chi connectivity index (χ1n) is 5.50. The Balaban J connectivity index is 2.65. The number of hydrogen-bond donors (Lipinski definition) is 0. The predicted octanol–water partition coefficient (Wildman–Crippen LogP) is 4.13. The summed E-state index contributed by atoms with van der Waals surface area (Å²) in [6.45, 7) is 3.82. The molecule has 0 N–H and O–H groups in total. The van der Waals surface area contributed by atoms with Crippen molar-refractivity contribution in [3.63, 3.8) is 0 Å². The summed E-state index contributed by atoms with van der Waals surface area (Å²) in [6, 6.07) is 5.47. The number of esters is 1. The van der Waals surface area contributed by atoms with Crippen molar-refractivity contribution >= 4 is 39.0 Å². The molecule has 0 saturated heterocycles. The van der Waals surface area contributed by atoms with Gasteiger partial charge in [0.1, 0.15) is 0 Å². The van der Waals surface area contributed by atoms with Crippen LogP contribution in [-0.2, 0) is 4.74 Å². The van der Waals surface area contributed by atoms with Gasteiger partial charge in [-0.3, -0.25) is 0 Å². The fraction of sp³-hybridized carbons (Fsp3) is 0.308. The van der Waals surface area contributed by atoms with Gasteiger partial charge in [-0.2, -0.15) is 0 Å². The normalized spacial score (nSPS) is 10.9. The lowest BCUT2D eigenvalue weighted by Gasteiger charge is -2.10. The second kappa shape index (κ2) is 5.16. The van der Waals surface area contributed by atoms with E-state index in [0.29, 0.717) is 15.6 Å². The summed E-state index contributed by atoms with van der Waals surface area (Å²) in [6.07, 6.45) is -0.0230. The molecule has 2 aromatic rings. The maximum absolute atomic E-state index is 11.7. The Morgan fingerprint density at radius 2 is 2.11 bits per heavy atom. The van der Waals surface area contributed by atoms with Crippen LogP contribution in [0, 0.1) is 0 Å². The minimum atomic E-state index is -0.386. The monoisotopic (exact) mass is 284 g/mol. The number of rotatable bonds is 3. The SMILES string of the molecule is COC(=O)c1sc2ccc(Cl)cc2c1OC(C)C. The topological polar surface area (TPSA) is 35.5 Å². The summed E-state index contributed by atoms with van der Waals surface area (Å²) >= 11 is 7.33. The van der Waals surface area contributed by atoms with Crippen LogP contribution in [0.2, 0.25) is 5.02 Å². The van der Waals surface area contributed by atoms with E-state index in [2.05, 4.69) is 0 Å². The average molecular weight is 285 g/mol. The molecular formula is C13H13ClO3S. The van der Waals surface area contributed by atoms with Crippen LogP contribution in [0.4, 0.5) is 0 Å². The molecule has 18 heavy (non-hydrogen) atoms. The molecule has 0 saturated carbocycles. The van der Waals surface area contributed by atoms with E-state index in [1.165, 1.54) is 18.4 Å². The maximum Gasteiger partial charge on any atom is 0.351 e. The number of carbonyl (C=O) groups is 1. The Morgan fingerprint density at radius 1 is 1.39 bits per heavy atom. The third-order valence-corrected chi connectivity index (χ3v) is 3.70. The highest BCUT2D eigenvalue weighted by atomic mass is 35.5. The highest BCUT2D eigenvalue weighted by Crippen LogP contribution is 2.40. The second-order valence-electron chi connectivity index (χ2n) is 4.06. The molecular weight excluding hydrogens is 272 g/mol. The Bertz CT molecular complexity index is 589. The smallest absolute Gasteiger partial charge is 0.351 e. The molecule has 1 heterocycles. The lowest BCUT2D eigenvalue weighted by molar-refractivity contribution is 0.0601. The number of methoxy groups -OCH3 is 1. The van der Waals surface area contributed by atoms with Crippen molar-refractivity contribution in [2.45, 2.75) is 20.0 Å². The molecule has 0 fully saturated rings. The summed E-state index contributed by atoms with van der Waals surface area (Å²) in [5.41, 5.74) is 0. The van der Waals surface area contributed by atoms with Crippen molar-refractivity contribution in [3.05, 3.63) is 28.1 Å². The highest BCUT2D eigenvalue weighted by molar-refractivity contribution is 7.21. The fourth-order valence-electron chi connectivity index (χ4n) is 1.63. The van der Waals surface area contributed by atoms with Gasteiger partial charge in [-0.15, -0.1) is 11.3 Å². The lowest BCUT2D eigenvalue weighted by Crippen LogP contribution is -2.09. The molecule has 0 radical (unpaired) electrons. The van der Waals surface area contributed by atoms with Crippen molar-refractivity contribution in [2.24, 2.45) is 0 Å². The van der Waals surface area contributed by atoms with E-state index in [4.69, 9.17) is 21.1 Å². The summed E-state index contributed by atoms with van der Waals surface area (Å²) in [7, 11) is 1.36. The molecule has 2 rings (SSSR count). The number of benzene rings is 1. The summed E-state index contributed by atoms with van der Waals surface area (Å²) in [4.78, 5) is 12.2. The quantitative estimate of drug-likeness (QED) is 0.795. The Morgan fingerprint density at radius 3 is 2.72 bits per heavy atom. The molecule has 1 aromatic carbocycles. The van der Waals surface area contributed by atoms with E-state index in [9.17, 15) is 4.79 Å². The van der Waals surface area contributed by atoms with E-state index in [-0.39, 0.29) is 12.1 Å². The lowest BCUT2D eigenvalue weighted by atomic mass is 10.2. The van der Waals surface area contributed by atoms with Crippen LogP contribution in [0.15, 0.2) is 18.2 Å². The fourth-order valence-corrected chi connectivity index (χ4v) is 2.83. The summed E-state index contributed by atoms with van der Waals surface area (Å²) < 4.78 is 11.5. The molecule has 96 valence electrons. The predicted molar refractivity (Wildman–Crippen MR) is 73.9 cm³/mol. The van der Waals surface area contributed by atoms with Crippen LogP contribution in [-0.4, -0.2) is 19.2 Å². The first kappa shape index (κ1) is 13.2. The molecule has 0 aliphatic carbocycles. The van der Waals surface area contributed by atoms with E-state index < -0.39 is 0 Å². The van der Waals surface area contributed by atoms with Gasteiger partial charge in [0.15, 0.2) is 10.6 Å². The number of halogens is 1. The van der Waals surface area contributed by atoms with E-state index in [1.807, 2.05) is 19.9 Å². The number of hydrogen-bond acceptors (Lipinski definition) is 4. The first-order valence-corrected chi connectivity index (χ1v) is 6.69. The van der Waals surface area contributed by atoms with Gasteiger partial charge in [-0.1, -0.05) is 11.6 Å². The zero-order valence-corrected chi connectivity index (χ0v) is 11.9. The van der Waals surface area contributed by atoms with Gasteiger partial charge in [0, 0.05) is 15.1 Å². The minimum Gasteiger partial charge on any atom is -0.489 e. The van der Waals surface area contributed by atoms with Crippen molar-refractivity contribution in [1.29, 1.82) is 0 Å².